The van der Waals surface area contributed by atoms with Gasteiger partial charge in [-0.15, -0.1) is 0 Å². The van der Waals surface area contributed by atoms with E-state index in [0.717, 1.165) is 11.8 Å². The van der Waals surface area contributed by atoms with Crippen LogP contribution < -0.4 is 0 Å². The second-order valence-electron chi connectivity index (χ2n) is 5.43. The van der Waals surface area contributed by atoms with Gasteiger partial charge >= 0.3 is 12.0 Å². The monoisotopic (exact) mass is 340 g/mol. The molecule has 1 aromatic carbocycles. The van der Waals surface area contributed by atoms with Crippen LogP contribution in [0.4, 0.5) is 17.6 Å². The zero-order valence-corrected chi connectivity index (χ0v) is 12.2. The van der Waals surface area contributed by atoms with Crippen molar-refractivity contribution in [3.63, 3.8) is 0 Å². The number of nitrogens with zero attached hydrogens (tertiary/aromatic N) is 2. The Morgan fingerprint density at radius 1 is 1.17 bits per heavy atom. The maximum atomic E-state index is 13.6. The molecular formula is C16H12F4N2O2. The fraction of sp³-hybridized carbons (Fsp3) is 0.250. The third kappa shape index (κ3) is 3.09. The van der Waals surface area contributed by atoms with E-state index in [0.29, 0.717) is 17.5 Å². The van der Waals surface area contributed by atoms with Gasteiger partial charge < -0.3 is 9.94 Å². The van der Waals surface area contributed by atoms with E-state index >= 15 is 0 Å². The SMILES string of the molecule is OC1(C(F)(F)F)CC(c2ccc(Cc3ccncc3F)cc2)=NO1. The second kappa shape index (κ2) is 5.86. The number of hydrogen-bond acceptors (Lipinski definition) is 4. The molecule has 1 aliphatic rings. The number of halogens is 4. The molecule has 3 rings (SSSR count). The molecule has 0 spiro atoms. The van der Waals surface area contributed by atoms with Crippen molar-refractivity contribution in [2.24, 2.45) is 5.16 Å². The Morgan fingerprint density at radius 3 is 2.46 bits per heavy atom. The average molecular weight is 340 g/mol. The minimum Gasteiger partial charge on any atom is -0.350 e. The van der Waals surface area contributed by atoms with Crippen LogP contribution in [-0.4, -0.2) is 27.8 Å². The van der Waals surface area contributed by atoms with E-state index < -0.39 is 24.2 Å². The van der Waals surface area contributed by atoms with Crippen molar-refractivity contribution in [1.29, 1.82) is 0 Å². The number of benzene rings is 1. The predicted octanol–water partition coefficient (Wildman–Crippen LogP) is 3.19. The highest BCUT2D eigenvalue weighted by Gasteiger charge is 2.60. The van der Waals surface area contributed by atoms with E-state index in [1.54, 1.807) is 30.3 Å². The molecule has 24 heavy (non-hydrogen) atoms. The molecule has 0 saturated heterocycles. The Bertz CT molecular complexity index is 774. The fourth-order valence-corrected chi connectivity index (χ4v) is 2.31. The lowest BCUT2D eigenvalue weighted by molar-refractivity contribution is -0.355. The quantitative estimate of drug-likeness (QED) is 0.873. The molecule has 0 saturated carbocycles. The first-order valence-corrected chi connectivity index (χ1v) is 7.00. The van der Waals surface area contributed by atoms with Crippen LogP contribution in [0, 0.1) is 5.82 Å². The zero-order chi connectivity index (χ0) is 17.4. The van der Waals surface area contributed by atoms with Gasteiger partial charge in [0.1, 0.15) is 5.82 Å². The average Bonchev–Trinajstić information content (AvgIpc) is 2.94. The molecular weight excluding hydrogens is 328 g/mol. The van der Waals surface area contributed by atoms with Gasteiger partial charge in [-0.3, -0.25) is 4.98 Å². The highest BCUT2D eigenvalue weighted by molar-refractivity contribution is 6.01. The largest absolute Gasteiger partial charge is 0.458 e. The molecule has 0 bridgehead atoms. The minimum absolute atomic E-state index is 0.00327. The van der Waals surface area contributed by atoms with Crippen LogP contribution in [0.3, 0.4) is 0 Å². The molecule has 0 fully saturated rings. The maximum Gasteiger partial charge on any atom is 0.458 e. The minimum atomic E-state index is -4.93. The van der Waals surface area contributed by atoms with E-state index in [9.17, 15) is 22.7 Å². The molecule has 126 valence electrons. The lowest BCUT2D eigenvalue weighted by atomic mass is 9.99. The summed E-state index contributed by atoms with van der Waals surface area (Å²) in [6.45, 7) is 0. The topological polar surface area (TPSA) is 54.7 Å². The van der Waals surface area contributed by atoms with E-state index in [1.807, 2.05) is 0 Å². The van der Waals surface area contributed by atoms with Gasteiger partial charge in [0.05, 0.1) is 18.3 Å². The molecule has 2 heterocycles. The number of alkyl halides is 3. The molecule has 0 radical (unpaired) electrons. The normalized spacial score (nSPS) is 20.6. The Morgan fingerprint density at radius 2 is 1.88 bits per heavy atom. The van der Waals surface area contributed by atoms with Crippen LogP contribution in [0.2, 0.25) is 0 Å². The first-order chi connectivity index (χ1) is 11.3. The highest BCUT2D eigenvalue weighted by Crippen LogP contribution is 2.38. The van der Waals surface area contributed by atoms with Gasteiger partial charge in [0.2, 0.25) is 0 Å². The third-order valence-electron chi connectivity index (χ3n) is 3.70. The van der Waals surface area contributed by atoms with Crippen LogP contribution in [0.5, 0.6) is 0 Å². The molecule has 0 aliphatic carbocycles. The Labute approximate surface area is 134 Å². The number of hydrogen-bond donors (Lipinski definition) is 1. The first-order valence-electron chi connectivity index (χ1n) is 7.00. The predicted molar refractivity (Wildman–Crippen MR) is 76.7 cm³/mol. The first kappa shape index (κ1) is 16.4. The van der Waals surface area contributed by atoms with E-state index in [4.69, 9.17) is 0 Å². The van der Waals surface area contributed by atoms with Crippen molar-refractivity contribution in [3.8, 4) is 0 Å². The van der Waals surface area contributed by atoms with Crippen molar-refractivity contribution in [3.05, 3.63) is 65.2 Å². The van der Waals surface area contributed by atoms with Crippen molar-refractivity contribution < 1.29 is 27.5 Å². The van der Waals surface area contributed by atoms with Gasteiger partial charge in [0.25, 0.3) is 0 Å². The molecule has 2 aromatic rings. The molecule has 8 heteroatoms. The summed E-state index contributed by atoms with van der Waals surface area (Å²) in [7, 11) is 0. The molecule has 0 amide bonds. The van der Waals surface area contributed by atoms with Gasteiger partial charge in [-0.1, -0.05) is 29.4 Å². The van der Waals surface area contributed by atoms with Crippen LogP contribution >= 0.6 is 0 Å². The standard InChI is InChI=1S/C16H12F4N2O2/c17-13-9-21-6-5-12(13)7-10-1-3-11(4-2-10)14-8-15(23,24-22-14)16(18,19)20/h1-6,9,23H,7-8H2. The molecule has 1 aliphatic heterocycles. The van der Waals surface area contributed by atoms with E-state index in [1.165, 1.54) is 6.20 Å². The summed E-state index contributed by atoms with van der Waals surface area (Å²) in [5, 5.41) is 12.8. The van der Waals surface area contributed by atoms with Crippen molar-refractivity contribution in [1.82, 2.24) is 4.98 Å². The zero-order valence-electron chi connectivity index (χ0n) is 12.2. The van der Waals surface area contributed by atoms with Crippen molar-refractivity contribution >= 4 is 5.71 Å². The van der Waals surface area contributed by atoms with Gasteiger partial charge in [0.15, 0.2) is 0 Å². The summed E-state index contributed by atoms with van der Waals surface area (Å²) >= 11 is 0. The molecule has 1 N–H and O–H groups in total. The summed E-state index contributed by atoms with van der Waals surface area (Å²) in [6, 6.07) is 7.98. The van der Waals surface area contributed by atoms with Gasteiger partial charge in [-0.25, -0.2) is 4.39 Å². The maximum absolute atomic E-state index is 13.6. The van der Waals surface area contributed by atoms with Gasteiger partial charge in [-0.05, 0) is 22.8 Å². The van der Waals surface area contributed by atoms with Crippen LogP contribution in [0.1, 0.15) is 23.1 Å². The number of aliphatic hydroxyl groups is 1. The Balaban J connectivity index is 1.73. The van der Waals surface area contributed by atoms with Crippen molar-refractivity contribution in [2.75, 3.05) is 0 Å². The summed E-state index contributed by atoms with van der Waals surface area (Å²) in [5.74, 6) is -3.72. The molecule has 1 aromatic heterocycles. The van der Waals surface area contributed by atoms with E-state index in [-0.39, 0.29) is 5.71 Å². The number of pyridine rings is 1. The highest BCUT2D eigenvalue weighted by atomic mass is 19.4. The second-order valence-corrected chi connectivity index (χ2v) is 5.43. The van der Waals surface area contributed by atoms with Gasteiger partial charge in [-0.2, -0.15) is 13.2 Å². The third-order valence-corrected chi connectivity index (χ3v) is 3.70. The smallest absolute Gasteiger partial charge is 0.350 e. The van der Waals surface area contributed by atoms with Crippen LogP contribution in [0.15, 0.2) is 47.9 Å². The lowest BCUT2D eigenvalue weighted by Crippen LogP contribution is -2.45. The van der Waals surface area contributed by atoms with Crippen LogP contribution in [0.25, 0.3) is 0 Å². The Kier molecular flexibility index (Phi) is 4.00. The fourth-order valence-electron chi connectivity index (χ4n) is 2.31. The number of oxime groups is 1. The molecule has 1 atom stereocenters. The summed E-state index contributed by atoms with van der Waals surface area (Å²) < 4.78 is 51.6. The number of rotatable bonds is 3. The van der Waals surface area contributed by atoms with Crippen LogP contribution in [-0.2, 0) is 11.3 Å². The molecule has 1 unspecified atom stereocenters. The van der Waals surface area contributed by atoms with E-state index in [2.05, 4.69) is 15.0 Å². The summed E-state index contributed by atoms with van der Waals surface area (Å²) in [4.78, 5) is 7.84. The van der Waals surface area contributed by atoms with Gasteiger partial charge in [0, 0.05) is 12.6 Å². The summed E-state index contributed by atoms with van der Waals surface area (Å²) in [5.41, 5.74) is 1.63. The lowest BCUT2D eigenvalue weighted by Gasteiger charge is -2.22. The molecule has 4 nitrogen and oxygen atoms in total. The summed E-state index contributed by atoms with van der Waals surface area (Å²) in [6.07, 6.45) is -2.79. The number of aromatic nitrogens is 1. The Hall–Kier alpha value is -2.48. The van der Waals surface area contributed by atoms with Crippen molar-refractivity contribution in [2.45, 2.75) is 24.8 Å².